The lowest BCUT2D eigenvalue weighted by molar-refractivity contribution is 0.459. The third-order valence-electron chi connectivity index (χ3n) is 2.92. The Morgan fingerprint density at radius 1 is 1.40 bits per heavy atom. The summed E-state index contributed by atoms with van der Waals surface area (Å²) in [4.78, 5) is 11.7. The van der Waals surface area contributed by atoms with Gasteiger partial charge in [0.1, 0.15) is 0 Å². The Balaban J connectivity index is 2.23. The van der Waals surface area contributed by atoms with E-state index in [4.69, 9.17) is 4.42 Å². The zero-order valence-corrected chi connectivity index (χ0v) is 8.27. The van der Waals surface area contributed by atoms with Gasteiger partial charge in [0.2, 0.25) is 0 Å². The molecule has 2 heterocycles. The van der Waals surface area contributed by atoms with Gasteiger partial charge >= 0.3 is 5.76 Å². The third kappa shape index (κ3) is 1.29. The first-order valence-electron chi connectivity index (χ1n) is 5.17. The van der Waals surface area contributed by atoms with Gasteiger partial charge in [-0.1, -0.05) is 12.1 Å². The van der Waals surface area contributed by atoms with Crippen LogP contribution in [0.5, 0.6) is 0 Å². The van der Waals surface area contributed by atoms with E-state index < -0.39 is 0 Å². The summed E-state index contributed by atoms with van der Waals surface area (Å²) in [5.41, 5.74) is 1.57. The van der Waals surface area contributed by atoms with Gasteiger partial charge in [0.25, 0.3) is 0 Å². The number of para-hydroxylation sites is 2. The summed E-state index contributed by atoms with van der Waals surface area (Å²) in [6.07, 6.45) is 0.990. The maximum Gasteiger partial charge on any atom is 0.420 e. The van der Waals surface area contributed by atoms with Crippen LogP contribution in [0.4, 0.5) is 0 Å². The van der Waals surface area contributed by atoms with Gasteiger partial charge in [-0.3, -0.25) is 4.57 Å². The minimum absolute atomic E-state index is 0.237. The Kier molecular flexibility index (Phi) is 1.89. The van der Waals surface area contributed by atoms with Gasteiger partial charge in [-0.05, 0) is 25.1 Å². The van der Waals surface area contributed by atoms with Crippen molar-refractivity contribution in [1.82, 2.24) is 9.88 Å². The molecular formula is C11H12N2O2. The van der Waals surface area contributed by atoms with E-state index >= 15 is 0 Å². The average molecular weight is 204 g/mol. The van der Waals surface area contributed by atoms with Crippen LogP contribution in [0.25, 0.3) is 11.1 Å². The summed E-state index contributed by atoms with van der Waals surface area (Å²) < 4.78 is 6.95. The van der Waals surface area contributed by atoms with E-state index in [0.29, 0.717) is 5.58 Å². The van der Waals surface area contributed by atoms with E-state index in [1.807, 2.05) is 24.3 Å². The molecule has 1 unspecified atom stereocenters. The Bertz CT molecular complexity index is 535. The smallest absolute Gasteiger partial charge is 0.408 e. The van der Waals surface area contributed by atoms with Crippen molar-refractivity contribution in [1.29, 1.82) is 0 Å². The summed E-state index contributed by atoms with van der Waals surface area (Å²) in [6, 6.07) is 7.80. The predicted octanol–water partition coefficient (Wildman–Crippen LogP) is 1.13. The molecule has 0 aliphatic carbocycles. The molecule has 78 valence electrons. The number of nitrogens with one attached hydrogen (secondary N) is 1. The maximum absolute atomic E-state index is 11.7. The molecule has 0 bridgehead atoms. The van der Waals surface area contributed by atoms with Gasteiger partial charge in [-0.2, -0.15) is 0 Å². The zero-order chi connectivity index (χ0) is 10.3. The predicted molar refractivity (Wildman–Crippen MR) is 57.0 cm³/mol. The van der Waals surface area contributed by atoms with Crippen molar-refractivity contribution in [2.75, 3.05) is 13.1 Å². The standard InChI is InChI=1S/C11H12N2O2/c14-11-13(8-5-6-12-7-8)9-3-1-2-4-10(9)15-11/h1-4,8,12H,5-7H2. The summed E-state index contributed by atoms with van der Waals surface area (Å²) in [5, 5.41) is 3.25. The minimum atomic E-state index is -0.245. The zero-order valence-electron chi connectivity index (χ0n) is 8.27. The molecular weight excluding hydrogens is 192 g/mol. The second kappa shape index (κ2) is 3.24. The Morgan fingerprint density at radius 3 is 3.07 bits per heavy atom. The van der Waals surface area contributed by atoms with Crippen LogP contribution in [0, 0.1) is 0 Å². The van der Waals surface area contributed by atoms with E-state index in [1.54, 1.807) is 4.57 Å². The quantitative estimate of drug-likeness (QED) is 0.757. The van der Waals surface area contributed by atoms with Crippen LogP contribution < -0.4 is 11.1 Å². The highest BCUT2D eigenvalue weighted by molar-refractivity contribution is 5.72. The molecule has 1 aromatic heterocycles. The van der Waals surface area contributed by atoms with Gasteiger partial charge in [-0.25, -0.2) is 4.79 Å². The molecule has 2 aromatic rings. The lowest BCUT2D eigenvalue weighted by atomic mass is 10.2. The van der Waals surface area contributed by atoms with Gasteiger partial charge in [-0.15, -0.1) is 0 Å². The van der Waals surface area contributed by atoms with E-state index in [2.05, 4.69) is 5.32 Å². The number of aromatic nitrogens is 1. The highest BCUT2D eigenvalue weighted by Crippen LogP contribution is 2.20. The molecule has 1 atom stereocenters. The minimum Gasteiger partial charge on any atom is -0.408 e. The fourth-order valence-electron chi connectivity index (χ4n) is 2.19. The molecule has 1 N–H and O–H groups in total. The van der Waals surface area contributed by atoms with Gasteiger partial charge in [0, 0.05) is 6.54 Å². The summed E-state index contributed by atoms with van der Waals surface area (Å²) in [7, 11) is 0. The first-order valence-corrected chi connectivity index (χ1v) is 5.17. The average Bonchev–Trinajstić information content (AvgIpc) is 2.82. The molecule has 0 amide bonds. The Hall–Kier alpha value is -1.55. The molecule has 1 aromatic carbocycles. The van der Waals surface area contributed by atoms with Crippen LogP contribution in [0.1, 0.15) is 12.5 Å². The molecule has 1 aliphatic heterocycles. The lowest BCUT2D eigenvalue weighted by Crippen LogP contribution is -2.22. The molecule has 0 spiro atoms. The summed E-state index contributed by atoms with van der Waals surface area (Å²) in [5.74, 6) is -0.245. The molecule has 4 nitrogen and oxygen atoms in total. The molecule has 1 aliphatic rings. The number of oxazole rings is 1. The van der Waals surface area contributed by atoms with Gasteiger partial charge in [0.05, 0.1) is 11.6 Å². The van der Waals surface area contributed by atoms with Crippen molar-refractivity contribution in [3.8, 4) is 0 Å². The second-order valence-corrected chi connectivity index (χ2v) is 3.85. The van der Waals surface area contributed by atoms with Crippen molar-refractivity contribution in [3.63, 3.8) is 0 Å². The summed E-state index contributed by atoms with van der Waals surface area (Å²) in [6.45, 7) is 1.82. The van der Waals surface area contributed by atoms with Gasteiger partial charge < -0.3 is 9.73 Å². The fraction of sp³-hybridized carbons (Fsp3) is 0.364. The third-order valence-corrected chi connectivity index (χ3v) is 2.92. The summed E-state index contributed by atoms with van der Waals surface area (Å²) >= 11 is 0. The second-order valence-electron chi connectivity index (χ2n) is 3.85. The van der Waals surface area contributed by atoms with Crippen molar-refractivity contribution in [2.45, 2.75) is 12.5 Å². The molecule has 0 saturated carbocycles. The van der Waals surface area contributed by atoms with E-state index in [1.165, 1.54) is 0 Å². The Labute approximate surface area is 86.5 Å². The van der Waals surface area contributed by atoms with E-state index in [9.17, 15) is 4.79 Å². The van der Waals surface area contributed by atoms with Gasteiger partial charge in [0.15, 0.2) is 5.58 Å². The lowest BCUT2D eigenvalue weighted by Gasteiger charge is -2.08. The molecule has 1 saturated heterocycles. The number of hydrogen-bond acceptors (Lipinski definition) is 3. The number of nitrogens with zero attached hydrogens (tertiary/aromatic N) is 1. The monoisotopic (exact) mass is 204 g/mol. The molecule has 4 heteroatoms. The van der Waals surface area contributed by atoms with Crippen LogP contribution in [0.15, 0.2) is 33.5 Å². The molecule has 15 heavy (non-hydrogen) atoms. The molecule has 1 fully saturated rings. The van der Waals surface area contributed by atoms with E-state index in [0.717, 1.165) is 25.0 Å². The van der Waals surface area contributed by atoms with Crippen LogP contribution in [0.2, 0.25) is 0 Å². The van der Waals surface area contributed by atoms with Crippen molar-refractivity contribution in [2.24, 2.45) is 0 Å². The van der Waals surface area contributed by atoms with Crippen molar-refractivity contribution in [3.05, 3.63) is 34.8 Å². The van der Waals surface area contributed by atoms with Crippen LogP contribution in [-0.2, 0) is 0 Å². The largest absolute Gasteiger partial charge is 0.420 e. The fourth-order valence-corrected chi connectivity index (χ4v) is 2.19. The first kappa shape index (κ1) is 8.73. The SMILES string of the molecule is O=c1oc2ccccc2n1C1CCNC1. The molecule has 0 radical (unpaired) electrons. The van der Waals surface area contributed by atoms with Crippen molar-refractivity contribution >= 4 is 11.1 Å². The highest BCUT2D eigenvalue weighted by atomic mass is 16.4. The first-order chi connectivity index (χ1) is 7.36. The number of hydrogen-bond donors (Lipinski definition) is 1. The number of fused-ring (bicyclic) bond motifs is 1. The molecule has 3 rings (SSSR count). The highest BCUT2D eigenvalue weighted by Gasteiger charge is 2.21. The van der Waals surface area contributed by atoms with Crippen molar-refractivity contribution < 1.29 is 4.42 Å². The topological polar surface area (TPSA) is 47.2 Å². The number of benzene rings is 1. The maximum atomic E-state index is 11.7. The normalized spacial score (nSPS) is 21.2. The van der Waals surface area contributed by atoms with Crippen LogP contribution in [-0.4, -0.2) is 17.7 Å². The van der Waals surface area contributed by atoms with Crippen LogP contribution in [0.3, 0.4) is 0 Å². The van der Waals surface area contributed by atoms with E-state index in [-0.39, 0.29) is 11.8 Å². The Morgan fingerprint density at radius 2 is 2.27 bits per heavy atom. The number of rotatable bonds is 1. The van der Waals surface area contributed by atoms with Crippen LogP contribution >= 0.6 is 0 Å².